The maximum Gasteiger partial charge on any atom is 0.243 e. The molecule has 3 amide bonds. The van der Waals surface area contributed by atoms with Gasteiger partial charge in [-0.3, -0.25) is 14.4 Å². The van der Waals surface area contributed by atoms with E-state index in [4.69, 9.17) is 0 Å². The maximum atomic E-state index is 13.7. The van der Waals surface area contributed by atoms with Crippen LogP contribution < -0.4 is 10.6 Å². The number of benzene rings is 2. The molecule has 0 aliphatic carbocycles. The number of nitrogens with zero attached hydrogens (tertiary/aromatic N) is 2. The number of carbonyl (C=O) groups excluding carboxylic acids is 3. The fourth-order valence-electron chi connectivity index (χ4n) is 5.53. The smallest absolute Gasteiger partial charge is 0.243 e. The van der Waals surface area contributed by atoms with Gasteiger partial charge in [0.2, 0.25) is 18.2 Å². The normalized spacial score (nSPS) is 17.0. The second kappa shape index (κ2) is 15.0. The van der Waals surface area contributed by atoms with Crippen LogP contribution in [0, 0.1) is 11.8 Å². The molecule has 0 radical (unpaired) electrons. The molecule has 0 saturated carbocycles. The molecule has 2 N–H and O–H groups in total. The SMILES string of the molecule is CCC(CC)C(=O)N1CCCC1N(C=O)[C@H](Cc1ccc2ccccc2c1)C(=O)NCCC(C)NCC(C)C. The van der Waals surface area contributed by atoms with Crippen molar-refractivity contribution in [2.24, 2.45) is 11.8 Å². The predicted octanol–water partition coefficient (Wildman–Crippen LogP) is 4.73. The van der Waals surface area contributed by atoms with E-state index in [9.17, 15) is 14.4 Å². The molecule has 0 spiro atoms. The molecule has 3 atom stereocenters. The number of amides is 3. The molecule has 214 valence electrons. The Morgan fingerprint density at radius 3 is 2.46 bits per heavy atom. The number of nitrogens with one attached hydrogen (secondary N) is 2. The lowest BCUT2D eigenvalue weighted by molar-refractivity contribution is -0.147. The second-order valence-corrected chi connectivity index (χ2v) is 11.4. The quantitative estimate of drug-likeness (QED) is 0.322. The Morgan fingerprint density at radius 2 is 1.79 bits per heavy atom. The third kappa shape index (κ3) is 8.28. The average molecular weight is 537 g/mol. The minimum Gasteiger partial charge on any atom is -0.354 e. The Balaban J connectivity index is 1.82. The van der Waals surface area contributed by atoms with Gasteiger partial charge in [-0.05, 0) is 67.8 Å². The van der Waals surface area contributed by atoms with Gasteiger partial charge in [0.05, 0.1) is 0 Å². The summed E-state index contributed by atoms with van der Waals surface area (Å²) in [6.07, 6.45) is 4.60. The maximum absolute atomic E-state index is 13.7. The number of hydrogen-bond acceptors (Lipinski definition) is 4. The first-order valence-electron chi connectivity index (χ1n) is 14.8. The molecule has 2 aromatic rings. The summed E-state index contributed by atoms with van der Waals surface area (Å²) in [6, 6.07) is 13.9. The molecule has 0 aromatic heterocycles. The van der Waals surface area contributed by atoms with E-state index in [1.165, 1.54) is 0 Å². The van der Waals surface area contributed by atoms with Crippen molar-refractivity contribution in [1.29, 1.82) is 0 Å². The lowest BCUT2D eigenvalue weighted by Crippen LogP contribution is -2.57. The van der Waals surface area contributed by atoms with Gasteiger partial charge in [0.1, 0.15) is 12.2 Å². The van der Waals surface area contributed by atoms with E-state index in [2.05, 4.69) is 55.7 Å². The highest BCUT2D eigenvalue weighted by Gasteiger charge is 2.39. The molecular weight excluding hydrogens is 488 g/mol. The van der Waals surface area contributed by atoms with Crippen molar-refractivity contribution >= 4 is 29.0 Å². The van der Waals surface area contributed by atoms with Crippen LogP contribution in [0.4, 0.5) is 0 Å². The molecule has 3 rings (SSSR count). The Kier molecular flexibility index (Phi) is 11.8. The van der Waals surface area contributed by atoms with Crippen molar-refractivity contribution in [1.82, 2.24) is 20.4 Å². The Morgan fingerprint density at radius 1 is 1.08 bits per heavy atom. The van der Waals surface area contributed by atoms with E-state index in [1.54, 1.807) is 4.90 Å². The Labute approximate surface area is 234 Å². The topological polar surface area (TPSA) is 81.8 Å². The standard InChI is InChI=1S/C32H48N4O3/c1-6-26(7-2)32(39)35-18-10-13-30(35)36(22-37)29(31(38)33-17-16-24(5)34-21-23(3)4)20-25-14-15-27-11-8-9-12-28(27)19-25/h8-9,11-12,14-15,19,22-24,26,29-30,34H,6-7,10,13,16-18,20-21H2,1-5H3,(H,33,38)/t24?,29-,30?/m1/s1. The molecule has 1 aliphatic rings. The zero-order chi connectivity index (χ0) is 28.4. The molecule has 7 heteroatoms. The van der Waals surface area contributed by atoms with Crippen molar-refractivity contribution in [3.63, 3.8) is 0 Å². The van der Waals surface area contributed by atoms with Gasteiger partial charge in [0, 0.05) is 31.5 Å². The van der Waals surface area contributed by atoms with Gasteiger partial charge >= 0.3 is 0 Å². The highest BCUT2D eigenvalue weighted by atomic mass is 16.2. The summed E-state index contributed by atoms with van der Waals surface area (Å²) >= 11 is 0. The molecule has 1 fully saturated rings. The molecule has 1 heterocycles. The van der Waals surface area contributed by atoms with Crippen LogP contribution >= 0.6 is 0 Å². The van der Waals surface area contributed by atoms with Crippen molar-refractivity contribution in [3.05, 3.63) is 48.0 Å². The zero-order valence-corrected chi connectivity index (χ0v) is 24.5. The average Bonchev–Trinajstić information content (AvgIpc) is 3.42. The van der Waals surface area contributed by atoms with Crippen LogP contribution in [0.5, 0.6) is 0 Å². The number of hydrogen-bond donors (Lipinski definition) is 2. The number of fused-ring (bicyclic) bond motifs is 1. The van der Waals surface area contributed by atoms with Crippen LogP contribution in [0.25, 0.3) is 10.8 Å². The molecule has 2 aromatic carbocycles. The monoisotopic (exact) mass is 536 g/mol. The first-order chi connectivity index (χ1) is 18.8. The highest BCUT2D eigenvalue weighted by molar-refractivity contribution is 5.86. The third-order valence-electron chi connectivity index (χ3n) is 7.96. The van der Waals surface area contributed by atoms with Crippen LogP contribution in [-0.2, 0) is 20.8 Å². The van der Waals surface area contributed by atoms with Crippen molar-refractivity contribution < 1.29 is 14.4 Å². The van der Waals surface area contributed by atoms with Gasteiger partial charge in [-0.25, -0.2) is 0 Å². The fourth-order valence-corrected chi connectivity index (χ4v) is 5.53. The Bertz CT molecular complexity index is 1080. The van der Waals surface area contributed by atoms with Gasteiger partial charge < -0.3 is 20.4 Å². The summed E-state index contributed by atoms with van der Waals surface area (Å²) in [5.41, 5.74) is 0.989. The van der Waals surface area contributed by atoms with E-state index in [0.717, 1.165) is 55.0 Å². The van der Waals surface area contributed by atoms with Crippen molar-refractivity contribution in [2.75, 3.05) is 19.6 Å². The Hall–Kier alpha value is -2.93. The summed E-state index contributed by atoms with van der Waals surface area (Å²) < 4.78 is 0. The first kappa shape index (κ1) is 30.6. The highest BCUT2D eigenvalue weighted by Crippen LogP contribution is 2.27. The summed E-state index contributed by atoms with van der Waals surface area (Å²) in [4.78, 5) is 43.2. The molecule has 39 heavy (non-hydrogen) atoms. The van der Waals surface area contributed by atoms with E-state index in [0.29, 0.717) is 31.8 Å². The van der Waals surface area contributed by atoms with Crippen LogP contribution in [0.15, 0.2) is 42.5 Å². The van der Waals surface area contributed by atoms with Crippen LogP contribution in [-0.4, -0.2) is 65.9 Å². The largest absolute Gasteiger partial charge is 0.354 e. The van der Waals surface area contributed by atoms with Gasteiger partial charge in [-0.15, -0.1) is 0 Å². The molecule has 2 unspecified atom stereocenters. The molecule has 1 aliphatic heterocycles. The molecular formula is C32H48N4O3. The zero-order valence-electron chi connectivity index (χ0n) is 24.5. The predicted molar refractivity (Wildman–Crippen MR) is 158 cm³/mol. The van der Waals surface area contributed by atoms with E-state index >= 15 is 0 Å². The van der Waals surface area contributed by atoms with Crippen molar-refractivity contribution in [3.8, 4) is 0 Å². The van der Waals surface area contributed by atoms with Gasteiger partial charge in [0.25, 0.3) is 0 Å². The van der Waals surface area contributed by atoms with E-state index in [1.807, 2.05) is 36.9 Å². The summed E-state index contributed by atoms with van der Waals surface area (Å²) in [7, 11) is 0. The van der Waals surface area contributed by atoms with Crippen LogP contribution in [0.1, 0.15) is 72.3 Å². The summed E-state index contributed by atoms with van der Waals surface area (Å²) in [5.74, 6) is 0.413. The number of likely N-dealkylation sites (tertiary alicyclic amines) is 1. The number of rotatable bonds is 15. The number of carbonyl (C=O) groups is 3. The van der Waals surface area contributed by atoms with Crippen LogP contribution in [0.3, 0.4) is 0 Å². The molecule has 1 saturated heterocycles. The lowest BCUT2D eigenvalue weighted by Gasteiger charge is -2.38. The van der Waals surface area contributed by atoms with E-state index < -0.39 is 12.2 Å². The van der Waals surface area contributed by atoms with Gasteiger partial charge in [0.15, 0.2) is 0 Å². The summed E-state index contributed by atoms with van der Waals surface area (Å²) in [6.45, 7) is 12.6. The molecule has 0 bridgehead atoms. The van der Waals surface area contributed by atoms with Crippen LogP contribution in [0.2, 0.25) is 0 Å². The summed E-state index contributed by atoms with van der Waals surface area (Å²) in [5, 5.41) is 8.84. The second-order valence-electron chi connectivity index (χ2n) is 11.4. The lowest BCUT2D eigenvalue weighted by atomic mass is 9.99. The molecule has 7 nitrogen and oxygen atoms in total. The minimum absolute atomic E-state index is 0.0632. The first-order valence-corrected chi connectivity index (χ1v) is 14.8. The van der Waals surface area contributed by atoms with E-state index in [-0.39, 0.29) is 23.8 Å². The van der Waals surface area contributed by atoms with Gasteiger partial charge in [-0.1, -0.05) is 70.2 Å². The third-order valence-corrected chi connectivity index (χ3v) is 7.96. The minimum atomic E-state index is -0.706. The van der Waals surface area contributed by atoms with Crippen molar-refractivity contribution in [2.45, 2.75) is 91.4 Å². The fraction of sp³-hybridized carbons (Fsp3) is 0.594. The van der Waals surface area contributed by atoms with Gasteiger partial charge in [-0.2, -0.15) is 0 Å².